The number of rotatable bonds is 20. The van der Waals surface area contributed by atoms with Crippen LogP contribution in [0.5, 0.6) is 0 Å². The van der Waals surface area contributed by atoms with Crippen LogP contribution in [0, 0.1) is 0 Å². The second kappa shape index (κ2) is 17.0. The molecule has 0 N–H and O–H groups in total. The fourth-order valence-electron chi connectivity index (χ4n) is 2.75. The smallest absolute Gasteiger partial charge is 0.308 e. The highest BCUT2D eigenvalue weighted by Gasteiger charge is 2.28. The monoisotopic (exact) mass is 491 g/mol. The second-order valence-electron chi connectivity index (χ2n) is 7.91. The highest BCUT2D eigenvalue weighted by atomic mass is 31.2. The van der Waals surface area contributed by atoms with Gasteiger partial charge in [-0.3, -0.25) is 14.1 Å². The number of unbranched alkanes of at least 4 members (excludes halogenated alkanes) is 4. The summed E-state index contributed by atoms with van der Waals surface area (Å²) in [4.78, 5) is 4.59. The molecule has 9 heteroatoms. The molecule has 0 unspecified atom stereocenters. The SMILES string of the molecule is CCCCOP(=O)(Cc1cccc(CP(=O)(OCCCC)OCCCC)n1)OCCCC. The van der Waals surface area contributed by atoms with Gasteiger partial charge in [-0.25, -0.2) is 0 Å². The lowest BCUT2D eigenvalue weighted by Crippen LogP contribution is -2.06. The zero-order chi connectivity index (χ0) is 23.7. The summed E-state index contributed by atoms with van der Waals surface area (Å²) in [5, 5.41) is 0. The van der Waals surface area contributed by atoms with Crippen molar-refractivity contribution in [3.63, 3.8) is 0 Å². The Morgan fingerprint density at radius 1 is 0.625 bits per heavy atom. The molecule has 0 aromatic carbocycles. The number of aromatic nitrogens is 1. The molecule has 0 saturated heterocycles. The number of hydrogen-bond acceptors (Lipinski definition) is 7. The molecule has 32 heavy (non-hydrogen) atoms. The highest BCUT2D eigenvalue weighted by molar-refractivity contribution is 7.53. The Balaban J connectivity index is 2.91. The first-order valence-corrected chi connectivity index (χ1v) is 15.6. The van der Waals surface area contributed by atoms with Crippen molar-refractivity contribution < 1.29 is 27.2 Å². The van der Waals surface area contributed by atoms with Gasteiger partial charge in [-0.2, -0.15) is 0 Å². The van der Waals surface area contributed by atoms with Crippen LogP contribution in [-0.4, -0.2) is 31.4 Å². The lowest BCUT2D eigenvalue weighted by atomic mass is 10.3. The molecule has 0 aliphatic heterocycles. The normalized spacial score (nSPS) is 12.4. The van der Waals surface area contributed by atoms with Gasteiger partial charge in [0.1, 0.15) is 0 Å². The molecule has 0 bridgehead atoms. The molecule has 0 aliphatic carbocycles. The summed E-state index contributed by atoms with van der Waals surface area (Å²) < 4.78 is 49.3. The van der Waals surface area contributed by atoms with Gasteiger partial charge in [-0.05, 0) is 37.8 Å². The third kappa shape index (κ3) is 12.6. The molecule has 1 rings (SSSR count). The van der Waals surface area contributed by atoms with Crippen LogP contribution in [0.4, 0.5) is 0 Å². The third-order valence-electron chi connectivity index (χ3n) is 4.72. The van der Waals surface area contributed by atoms with E-state index in [0.29, 0.717) is 37.8 Å². The maximum Gasteiger partial charge on any atom is 0.336 e. The molecule has 186 valence electrons. The quantitative estimate of drug-likeness (QED) is 0.136. The zero-order valence-electron chi connectivity index (χ0n) is 20.4. The molecule has 7 nitrogen and oxygen atoms in total. The van der Waals surface area contributed by atoms with Gasteiger partial charge in [0.15, 0.2) is 0 Å². The molecule has 1 aromatic heterocycles. The molecular formula is C23H43NO6P2. The summed E-state index contributed by atoms with van der Waals surface area (Å²) in [6.07, 6.45) is 7.27. The van der Waals surface area contributed by atoms with E-state index < -0.39 is 15.2 Å². The van der Waals surface area contributed by atoms with E-state index in [1.165, 1.54) is 0 Å². The second-order valence-corrected chi connectivity index (χ2v) is 12.0. The van der Waals surface area contributed by atoms with E-state index in [0.717, 1.165) is 51.4 Å². The predicted molar refractivity (Wildman–Crippen MR) is 130 cm³/mol. The molecule has 0 radical (unpaired) electrons. The van der Waals surface area contributed by atoms with Gasteiger partial charge in [-0.1, -0.05) is 59.4 Å². The third-order valence-corrected chi connectivity index (χ3v) is 8.45. The van der Waals surface area contributed by atoms with Gasteiger partial charge in [-0.15, -0.1) is 0 Å². The Labute approximate surface area is 195 Å². The van der Waals surface area contributed by atoms with Crippen LogP contribution in [0.25, 0.3) is 0 Å². The van der Waals surface area contributed by atoms with E-state index in [4.69, 9.17) is 18.1 Å². The number of nitrogens with zero attached hydrogens (tertiary/aromatic N) is 1. The first kappa shape index (κ1) is 29.5. The fraction of sp³-hybridized carbons (Fsp3) is 0.783. The van der Waals surface area contributed by atoms with Crippen LogP contribution in [0.15, 0.2) is 18.2 Å². The lowest BCUT2D eigenvalue weighted by molar-refractivity contribution is 0.198. The highest BCUT2D eigenvalue weighted by Crippen LogP contribution is 2.53. The summed E-state index contributed by atoms with van der Waals surface area (Å²) in [6, 6.07) is 5.41. The summed E-state index contributed by atoms with van der Waals surface area (Å²) >= 11 is 0. The van der Waals surface area contributed by atoms with E-state index in [1.807, 2.05) is 6.07 Å². The van der Waals surface area contributed by atoms with Crippen molar-refractivity contribution in [2.24, 2.45) is 0 Å². The Morgan fingerprint density at radius 2 is 0.938 bits per heavy atom. The van der Waals surface area contributed by atoms with E-state index in [9.17, 15) is 9.13 Å². The maximum absolute atomic E-state index is 13.3. The molecule has 0 spiro atoms. The largest absolute Gasteiger partial charge is 0.336 e. The van der Waals surface area contributed by atoms with Crippen molar-refractivity contribution in [3.8, 4) is 0 Å². The average Bonchev–Trinajstić information content (AvgIpc) is 2.75. The van der Waals surface area contributed by atoms with Crippen molar-refractivity contribution in [1.29, 1.82) is 0 Å². The maximum atomic E-state index is 13.3. The molecule has 1 heterocycles. The zero-order valence-corrected chi connectivity index (χ0v) is 22.2. The van der Waals surface area contributed by atoms with Gasteiger partial charge in [0.25, 0.3) is 0 Å². The van der Waals surface area contributed by atoms with Crippen molar-refractivity contribution in [2.45, 2.75) is 91.4 Å². The van der Waals surface area contributed by atoms with Crippen LogP contribution in [0.2, 0.25) is 0 Å². The van der Waals surface area contributed by atoms with Crippen LogP contribution < -0.4 is 0 Å². The number of pyridine rings is 1. The first-order chi connectivity index (χ1) is 15.4. The minimum absolute atomic E-state index is 0.0892. The number of hydrogen-bond donors (Lipinski definition) is 0. The van der Waals surface area contributed by atoms with Crippen LogP contribution in [0.3, 0.4) is 0 Å². The topological polar surface area (TPSA) is 84.0 Å². The van der Waals surface area contributed by atoms with Gasteiger partial charge in [0.05, 0.1) is 50.1 Å². The molecule has 0 saturated carbocycles. The van der Waals surface area contributed by atoms with Crippen molar-refractivity contribution in [2.75, 3.05) is 26.4 Å². The Kier molecular flexibility index (Phi) is 15.6. The Hall–Kier alpha value is -0.550. The Bertz CT molecular complexity index is 632. The van der Waals surface area contributed by atoms with Crippen LogP contribution in [-0.2, 0) is 39.5 Å². The van der Waals surface area contributed by atoms with Gasteiger partial charge < -0.3 is 18.1 Å². The van der Waals surface area contributed by atoms with Gasteiger partial charge in [0, 0.05) is 0 Å². The molecule has 1 aromatic rings. The summed E-state index contributed by atoms with van der Waals surface area (Å²) in [7, 11) is -6.62. The minimum Gasteiger partial charge on any atom is -0.308 e. The first-order valence-electron chi connectivity index (χ1n) is 12.1. The molecular weight excluding hydrogens is 448 g/mol. The van der Waals surface area contributed by atoms with Crippen molar-refractivity contribution >= 4 is 15.2 Å². The fourth-order valence-corrected chi connectivity index (χ4v) is 6.04. The average molecular weight is 492 g/mol. The summed E-state index contributed by atoms with van der Waals surface area (Å²) in [5.74, 6) is 0. The minimum atomic E-state index is -3.31. The van der Waals surface area contributed by atoms with E-state index in [2.05, 4.69) is 32.7 Å². The van der Waals surface area contributed by atoms with Crippen molar-refractivity contribution in [1.82, 2.24) is 4.98 Å². The van der Waals surface area contributed by atoms with E-state index in [1.54, 1.807) is 12.1 Å². The van der Waals surface area contributed by atoms with E-state index in [-0.39, 0.29) is 12.3 Å². The Morgan fingerprint density at radius 3 is 1.22 bits per heavy atom. The molecule has 0 fully saturated rings. The van der Waals surface area contributed by atoms with Crippen LogP contribution in [0.1, 0.15) is 90.4 Å². The molecule has 0 atom stereocenters. The molecule has 0 amide bonds. The summed E-state index contributed by atoms with van der Waals surface area (Å²) in [5.41, 5.74) is 1.18. The predicted octanol–water partition coefficient (Wildman–Crippen LogP) is 7.73. The van der Waals surface area contributed by atoms with Crippen molar-refractivity contribution in [3.05, 3.63) is 29.6 Å². The van der Waals surface area contributed by atoms with Gasteiger partial charge in [0.2, 0.25) is 0 Å². The van der Waals surface area contributed by atoms with Gasteiger partial charge >= 0.3 is 15.2 Å². The summed E-state index contributed by atoms with van der Waals surface area (Å²) in [6.45, 7) is 9.80. The van der Waals surface area contributed by atoms with E-state index >= 15 is 0 Å². The standard InChI is InChI=1S/C23H43NO6P2/c1-5-9-16-27-31(25,28-17-10-6-2)20-22-14-13-15-23(24-22)21-32(26,29-18-11-7-3)30-19-12-8-4/h13-15H,5-12,16-21H2,1-4H3. The molecule has 0 aliphatic rings. The lowest BCUT2D eigenvalue weighted by Gasteiger charge is -2.20. The van der Waals surface area contributed by atoms with Crippen LogP contribution >= 0.6 is 15.2 Å².